The van der Waals surface area contributed by atoms with Crippen molar-refractivity contribution in [2.45, 2.75) is 39.3 Å². The fourth-order valence-corrected chi connectivity index (χ4v) is 2.81. The predicted octanol–water partition coefficient (Wildman–Crippen LogP) is 2.68. The van der Waals surface area contributed by atoms with Gasteiger partial charge in [0, 0.05) is 30.8 Å². The van der Waals surface area contributed by atoms with E-state index in [4.69, 9.17) is 4.74 Å². The molecule has 1 saturated heterocycles. The number of hydrogen-bond acceptors (Lipinski definition) is 5. The van der Waals surface area contributed by atoms with Crippen LogP contribution in [0.15, 0.2) is 18.2 Å². The van der Waals surface area contributed by atoms with Crippen LogP contribution in [0.4, 0.5) is 5.69 Å². The first kappa shape index (κ1) is 17.2. The standard InChI is InChI=1S/C16H22N2O5/c1-11(2)23-15-6-5-14(18(21)22)8-13(15)10-17-7-3-4-12(9-17)16(19)20/h5-6,8,11-12H,3-4,7,9-10H2,1-2H3,(H,19,20). The number of rotatable bonds is 6. The van der Waals surface area contributed by atoms with E-state index in [0.29, 0.717) is 25.3 Å². The SMILES string of the molecule is CC(C)Oc1ccc([N+](=O)[O-])cc1CN1CCCC(C(=O)O)C1. The largest absolute Gasteiger partial charge is 0.491 e. The molecule has 1 aliphatic heterocycles. The Bertz CT molecular complexity index is 588. The van der Waals surface area contributed by atoms with Crippen molar-refractivity contribution in [2.24, 2.45) is 5.92 Å². The van der Waals surface area contributed by atoms with Crippen molar-refractivity contribution in [3.05, 3.63) is 33.9 Å². The summed E-state index contributed by atoms with van der Waals surface area (Å²) >= 11 is 0. The van der Waals surface area contributed by atoms with Crippen LogP contribution in [0.3, 0.4) is 0 Å². The van der Waals surface area contributed by atoms with Gasteiger partial charge in [-0.3, -0.25) is 19.8 Å². The Kier molecular flexibility index (Phi) is 5.54. The van der Waals surface area contributed by atoms with Crippen molar-refractivity contribution in [2.75, 3.05) is 13.1 Å². The molecule has 0 radical (unpaired) electrons. The summed E-state index contributed by atoms with van der Waals surface area (Å²) in [5, 5.41) is 20.2. The minimum atomic E-state index is -0.785. The molecule has 0 bridgehead atoms. The van der Waals surface area contributed by atoms with Gasteiger partial charge in [-0.05, 0) is 39.3 Å². The number of carboxylic acid groups (broad SMARTS) is 1. The zero-order valence-electron chi connectivity index (χ0n) is 13.4. The van der Waals surface area contributed by atoms with E-state index in [0.717, 1.165) is 18.5 Å². The molecule has 1 aliphatic rings. The lowest BCUT2D eigenvalue weighted by atomic mass is 9.97. The highest BCUT2D eigenvalue weighted by atomic mass is 16.6. The third-order valence-corrected chi connectivity index (χ3v) is 3.87. The number of likely N-dealkylation sites (tertiary alicyclic amines) is 1. The summed E-state index contributed by atoms with van der Waals surface area (Å²) in [7, 11) is 0. The van der Waals surface area contributed by atoms with Crippen molar-refractivity contribution < 1.29 is 19.6 Å². The number of piperidine rings is 1. The average molecular weight is 322 g/mol. The zero-order valence-corrected chi connectivity index (χ0v) is 13.4. The number of nitro groups is 1. The number of benzene rings is 1. The Balaban J connectivity index is 2.20. The average Bonchev–Trinajstić information content (AvgIpc) is 2.48. The van der Waals surface area contributed by atoms with Gasteiger partial charge in [-0.15, -0.1) is 0 Å². The van der Waals surface area contributed by atoms with Gasteiger partial charge in [0.2, 0.25) is 0 Å². The summed E-state index contributed by atoms with van der Waals surface area (Å²) in [6.07, 6.45) is 1.45. The Labute approximate surface area is 135 Å². The molecule has 2 rings (SSSR count). The first-order chi connectivity index (χ1) is 10.9. The fraction of sp³-hybridized carbons (Fsp3) is 0.562. The topological polar surface area (TPSA) is 92.9 Å². The summed E-state index contributed by atoms with van der Waals surface area (Å²) < 4.78 is 5.73. The van der Waals surface area contributed by atoms with Crippen LogP contribution in [0, 0.1) is 16.0 Å². The molecule has 0 amide bonds. The van der Waals surface area contributed by atoms with Crippen LogP contribution in [-0.2, 0) is 11.3 Å². The molecule has 126 valence electrons. The monoisotopic (exact) mass is 322 g/mol. The minimum absolute atomic E-state index is 0.0166. The van der Waals surface area contributed by atoms with Crippen molar-refractivity contribution in [1.29, 1.82) is 0 Å². The van der Waals surface area contributed by atoms with Crippen LogP contribution in [0.2, 0.25) is 0 Å². The van der Waals surface area contributed by atoms with E-state index in [9.17, 15) is 20.0 Å². The second-order valence-electron chi connectivity index (χ2n) is 6.13. The number of aliphatic carboxylic acids is 1. The van der Waals surface area contributed by atoms with Gasteiger partial charge in [-0.25, -0.2) is 0 Å². The maximum Gasteiger partial charge on any atom is 0.307 e. The summed E-state index contributed by atoms with van der Waals surface area (Å²) in [6.45, 7) is 5.49. The fourth-order valence-electron chi connectivity index (χ4n) is 2.81. The molecule has 7 heteroatoms. The number of hydrogen-bond donors (Lipinski definition) is 1. The second kappa shape index (κ2) is 7.41. The van der Waals surface area contributed by atoms with Crippen LogP contribution in [0.1, 0.15) is 32.3 Å². The predicted molar refractivity (Wildman–Crippen MR) is 84.5 cm³/mol. The summed E-state index contributed by atoms with van der Waals surface area (Å²) in [4.78, 5) is 23.8. The lowest BCUT2D eigenvalue weighted by Crippen LogP contribution is -2.38. The third kappa shape index (κ3) is 4.66. The van der Waals surface area contributed by atoms with E-state index in [-0.39, 0.29) is 17.7 Å². The summed E-state index contributed by atoms with van der Waals surface area (Å²) in [5.41, 5.74) is 0.738. The van der Waals surface area contributed by atoms with Crippen molar-refractivity contribution in [1.82, 2.24) is 4.90 Å². The van der Waals surface area contributed by atoms with Crippen molar-refractivity contribution in [3.8, 4) is 5.75 Å². The smallest absolute Gasteiger partial charge is 0.307 e. The van der Waals surface area contributed by atoms with E-state index in [1.54, 1.807) is 6.07 Å². The third-order valence-electron chi connectivity index (χ3n) is 3.87. The van der Waals surface area contributed by atoms with E-state index in [1.165, 1.54) is 12.1 Å². The zero-order chi connectivity index (χ0) is 17.0. The molecule has 7 nitrogen and oxygen atoms in total. The van der Waals surface area contributed by atoms with Gasteiger partial charge in [0.15, 0.2) is 0 Å². The maximum absolute atomic E-state index is 11.2. The lowest BCUT2D eigenvalue weighted by Gasteiger charge is -2.31. The Hall–Kier alpha value is -2.15. The number of carbonyl (C=O) groups is 1. The molecular formula is C16H22N2O5. The van der Waals surface area contributed by atoms with Gasteiger partial charge >= 0.3 is 5.97 Å². The molecule has 1 heterocycles. The van der Waals surface area contributed by atoms with E-state index < -0.39 is 10.9 Å². The van der Waals surface area contributed by atoms with Crippen LogP contribution < -0.4 is 4.74 Å². The second-order valence-corrected chi connectivity index (χ2v) is 6.13. The Morgan fingerprint density at radius 3 is 2.87 bits per heavy atom. The van der Waals surface area contributed by atoms with Crippen LogP contribution in [0.25, 0.3) is 0 Å². The van der Waals surface area contributed by atoms with E-state index >= 15 is 0 Å². The molecule has 1 atom stereocenters. The van der Waals surface area contributed by atoms with Crippen LogP contribution in [0.5, 0.6) is 5.75 Å². The van der Waals surface area contributed by atoms with Gasteiger partial charge in [0.25, 0.3) is 5.69 Å². The molecule has 0 spiro atoms. The van der Waals surface area contributed by atoms with E-state index in [2.05, 4.69) is 0 Å². The maximum atomic E-state index is 11.2. The molecule has 0 aliphatic carbocycles. The molecular weight excluding hydrogens is 300 g/mol. The summed E-state index contributed by atoms with van der Waals surface area (Å²) in [5.74, 6) is -0.549. The Morgan fingerprint density at radius 2 is 2.26 bits per heavy atom. The number of non-ortho nitro benzene ring substituents is 1. The number of nitro benzene ring substituents is 1. The first-order valence-corrected chi connectivity index (χ1v) is 7.76. The van der Waals surface area contributed by atoms with Gasteiger partial charge in [-0.2, -0.15) is 0 Å². The number of carboxylic acids is 1. The first-order valence-electron chi connectivity index (χ1n) is 7.76. The minimum Gasteiger partial charge on any atom is -0.491 e. The van der Waals surface area contributed by atoms with Crippen LogP contribution >= 0.6 is 0 Å². The molecule has 1 fully saturated rings. The highest BCUT2D eigenvalue weighted by molar-refractivity contribution is 5.70. The van der Waals surface area contributed by atoms with Gasteiger partial charge < -0.3 is 9.84 Å². The number of ether oxygens (including phenoxy) is 1. The molecule has 1 N–H and O–H groups in total. The molecule has 0 aromatic heterocycles. The van der Waals surface area contributed by atoms with Gasteiger partial charge in [0.1, 0.15) is 5.75 Å². The molecule has 23 heavy (non-hydrogen) atoms. The normalized spacial score (nSPS) is 18.8. The lowest BCUT2D eigenvalue weighted by molar-refractivity contribution is -0.385. The molecule has 1 unspecified atom stereocenters. The highest BCUT2D eigenvalue weighted by Crippen LogP contribution is 2.28. The van der Waals surface area contributed by atoms with Crippen LogP contribution in [-0.4, -0.2) is 40.1 Å². The van der Waals surface area contributed by atoms with Crippen molar-refractivity contribution >= 4 is 11.7 Å². The molecule has 1 aromatic rings. The number of nitrogens with zero attached hydrogens (tertiary/aromatic N) is 2. The molecule has 0 saturated carbocycles. The highest BCUT2D eigenvalue weighted by Gasteiger charge is 2.26. The molecule has 1 aromatic carbocycles. The van der Waals surface area contributed by atoms with Gasteiger partial charge in [-0.1, -0.05) is 0 Å². The van der Waals surface area contributed by atoms with Crippen molar-refractivity contribution in [3.63, 3.8) is 0 Å². The van der Waals surface area contributed by atoms with E-state index in [1.807, 2.05) is 18.7 Å². The Morgan fingerprint density at radius 1 is 1.52 bits per heavy atom. The summed E-state index contributed by atoms with van der Waals surface area (Å²) in [6, 6.07) is 4.56. The van der Waals surface area contributed by atoms with Gasteiger partial charge in [0.05, 0.1) is 16.9 Å². The quantitative estimate of drug-likeness (QED) is 0.639.